The Morgan fingerprint density at radius 1 is 0.900 bits per heavy atom. The minimum absolute atomic E-state index is 0.113. The maximum Gasteiger partial charge on any atom is 0.251 e. The highest BCUT2D eigenvalue weighted by Gasteiger charge is 2.04. The lowest BCUT2D eigenvalue weighted by Gasteiger charge is -2.11. The molecule has 30 heavy (non-hydrogen) atoms. The molecule has 0 aliphatic heterocycles. The fourth-order valence-corrected chi connectivity index (χ4v) is 2.34. The van der Waals surface area contributed by atoms with E-state index in [1.165, 1.54) is 0 Å². The van der Waals surface area contributed by atoms with E-state index < -0.39 is 0 Å². The standard InChI is InChI=1S/C24H38N2O4/c1-5-21(4)25-12-14-28-16-18-30-19-17-29-15-13-26-24(27)23-10-8-22(9-11-23)7-6-20(2)3/h8-11,20-21,25H,5,12-19H2,1-4H3,(H,26,27). The SMILES string of the molecule is CCC(C)NCCOCCOCCOCCNC(=O)c1ccc(C#CC(C)C)cc1. The Bertz CT molecular complexity index is 635. The number of carbonyl (C=O) groups is 1. The third-order valence-electron chi connectivity index (χ3n) is 4.28. The lowest BCUT2D eigenvalue weighted by atomic mass is 10.1. The van der Waals surface area contributed by atoms with Crippen LogP contribution in [-0.4, -0.2) is 64.7 Å². The van der Waals surface area contributed by atoms with E-state index in [1.807, 2.05) is 26.0 Å². The highest BCUT2D eigenvalue weighted by molar-refractivity contribution is 5.94. The first-order valence-corrected chi connectivity index (χ1v) is 10.9. The molecular weight excluding hydrogens is 380 g/mol. The molecule has 1 amide bonds. The van der Waals surface area contributed by atoms with Crippen molar-refractivity contribution in [3.63, 3.8) is 0 Å². The van der Waals surface area contributed by atoms with Crippen molar-refractivity contribution in [1.82, 2.24) is 10.6 Å². The predicted octanol–water partition coefficient (Wildman–Crippen LogP) is 2.86. The Morgan fingerprint density at radius 3 is 2.03 bits per heavy atom. The van der Waals surface area contributed by atoms with Crippen LogP contribution in [0.5, 0.6) is 0 Å². The maximum atomic E-state index is 12.1. The highest BCUT2D eigenvalue weighted by Crippen LogP contribution is 2.03. The van der Waals surface area contributed by atoms with Gasteiger partial charge in [-0.25, -0.2) is 0 Å². The summed E-state index contributed by atoms with van der Waals surface area (Å²) in [4.78, 5) is 12.1. The highest BCUT2D eigenvalue weighted by atomic mass is 16.5. The zero-order valence-electron chi connectivity index (χ0n) is 19.0. The van der Waals surface area contributed by atoms with Gasteiger partial charge in [0.05, 0.1) is 39.6 Å². The molecule has 2 N–H and O–H groups in total. The van der Waals surface area contributed by atoms with Gasteiger partial charge in [0.1, 0.15) is 0 Å². The van der Waals surface area contributed by atoms with Crippen molar-refractivity contribution >= 4 is 5.91 Å². The van der Waals surface area contributed by atoms with Gasteiger partial charge < -0.3 is 24.8 Å². The molecule has 1 rings (SSSR count). The first-order chi connectivity index (χ1) is 14.5. The normalized spacial score (nSPS) is 11.8. The zero-order chi connectivity index (χ0) is 22.0. The second-order valence-corrected chi connectivity index (χ2v) is 7.36. The van der Waals surface area contributed by atoms with Gasteiger partial charge in [-0.2, -0.15) is 0 Å². The minimum Gasteiger partial charge on any atom is -0.378 e. The second-order valence-electron chi connectivity index (χ2n) is 7.36. The Hall–Kier alpha value is -1.91. The van der Waals surface area contributed by atoms with Gasteiger partial charge in [0.15, 0.2) is 0 Å². The van der Waals surface area contributed by atoms with Gasteiger partial charge in [-0.3, -0.25) is 4.79 Å². The lowest BCUT2D eigenvalue weighted by Crippen LogP contribution is -2.29. The molecule has 6 heteroatoms. The molecule has 168 valence electrons. The third kappa shape index (κ3) is 13.3. The van der Waals surface area contributed by atoms with Crippen LogP contribution in [0.15, 0.2) is 24.3 Å². The molecule has 0 radical (unpaired) electrons. The Morgan fingerprint density at radius 2 is 1.47 bits per heavy atom. The van der Waals surface area contributed by atoms with Crippen molar-refractivity contribution in [1.29, 1.82) is 0 Å². The molecule has 0 spiro atoms. The smallest absolute Gasteiger partial charge is 0.251 e. The summed E-state index contributed by atoms with van der Waals surface area (Å²) in [7, 11) is 0. The van der Waals surface area contributed by atoms with Gasteiger partial charge in [0, 0.05) is 36.2 Å². The van der Waals surface area contributed by atoms with Crippen LogP contribution in [0.1, 0.15) is 50.0 Å². The zero-order valence-corrected chi connectivity index (χ0v) is 19.0. The van der Waals surface area contributed by atoms with Crippen molar-refractivity contribution in [3.8, 4) is 11.8 Å². The van der Waals surface area contributed by atoms with Crippen molar-refractivity contribution in [2.75, 3.05) is 52.7 Å². The third-order valence-corrected chi connectivity index (χ3v) is 4.28. The molecule has 0 aromatic heterocycles. The first kappa shape index (κ1) is 26.1. The fraction of sp³-hybridized carbons (Fsp3) is 0.625. The average molecular weight is 419 g/mol. The first-order valence-electron chi connectivity index (χ1n) is 10.9. The van der Waals surface area contributed by atoms with Crippen molar-refractivity contribution in [3.05, 3.63) is 35.4 Å². The summed E-state index contributed by atoms with van der Waals surface area (Å²) in [5, 5.41) is 6.22. The van der Waals surface area contributed by atoms with E-state index in [9.17, 15) is 4.79 Å². The molecule has 0 bridgehead atoms. The van der Waals surface area contributed by atoms with Crippen LogP contribution in [0.2, 0.25) is 0 Å². The van der Waals surface area contributed by atoms with Crippen LogP contribution >= 0.6 is 0 Å². The molecule has 1 unspecified atom stereocenters. The number of hydrogen-bond donors (Lipinski definition) is 2. The van der Waals surface area contributed by atoms with Crippen molar-refractivity contribution < 1.29 is 19.0 Å². The molecule has 0 aliphatic rings. The van der Waals surface area contributed by atoms with Crippen LogP contribution in [0.25, 0.3) is 0 Å². The van der Waals surface area contributed by atoms with Crippen LogP contribution in [0.3, 0.4) is 0 Å². The minimum atomic E-state index is -0.113. The van der Waals surface area contributed by atoms with Crippen molar-refractivity contribution in [2.45, 2.75) is 40.2 Å². The topological polar surface area (TPSA) is 68.8 Å². The molecule has 0 aliphatic carbocycles. The predicted molar refractivity (Wildman–Crippen MR) is 121 cm³/mol. The monoisotopic (exact) mass is 418 g/mol. The van der Waals surface area contributed by atoms with E-state index in [-0.39, 0.29) is 5.91 Å². The van der Waals surface area contributed by atoms with Gasteiger partial charge in [-0.05, 0) is 37.6 Å². The number of rotatable bonds is 15. The second kappa shape index (κ2) is 16.8. The van der Waals surface area contributed by atoms with Crippen LogP contribution in [0, 0.1) is 17.8 Å². The number of ether oxygens (including phenoxy) is 3. The maximum absolute atomic E-state index is 12.1. The summed E-state index contributed by atoms with van der Waals surface area (Å²) in [6.07, 6.45) is 1.12. The van der Waals surface area contributed by atoms with Crippen LogP contribution < -0.4 is 10.6 Å². The summed E-state index contributed by atoms with van der Waals surface area (Å²) >= 11 is 0. The molecule has 1 atom stereocenters. The molecule has 1 aromatic rings. The van der Waals surface area contributed by atoms with Crippen LogP contribution in [0.4, 0.5) is 0 Å². The van der Waals surface area contributed by atoms with E-state index in [1.54, 1.807) is 12.1 Å². The number of hydrogen-bond acceptors (Lipinski definition) is 5. The Balaban J connectivity index is 1.98. The van der Waals surface area contributed by atoms with Crippen LogP contribution in [-0.2, 0) is 14.2 Å². The summed E-state index contributed by atoms with van der Waals surface area (Å²) in [5.74, 6) is 6.41. The molecule has 0 saturated heterocycles. The van der Waals surface area contributed by atoms with Gasteiger partial charge in [0.2, 0.25) is 0 Å². The van der Waals surface area contributed by atoms with E-state index in [4.69, 9.17) is 14.2 Å². The lowest BCUT2D eigenvalue weighted by molar-refractivity contribution is 0.0155. The van der Waals surface area contributed by atoms with Gasteiger partial charge in [0.25, 0.3) is 5.91 Å². The molecule has 0 saturated carbocycles. The van der Waals surface area contributed by atoms with E-state index >= 15 is 0 Å². The summed E-state index contributed by atoms with van der Waals surface area (Å²) in [5.41, 5.74) is 1.53. The quantitative estimate of drug-likeness (QED) is 0.339. The van der Waals surface area contributed by atoms with Crippen molar-refractivity contribution in [2.24, 2.45) is 5.92 Å². The van der Waals surface area contributed by atoms with E-state index in [0.717, 1.165) is 18.5 Å². The number of benzene rings is 1. The number of nitrogens with one attached hydrogen (secondary N) is 2. The van der Waals surface area contributed by atoms with Gasteiger partial charge in [-0.1, -0.05) is 32.6 Å². The van der Waals surface area contributed by atoms with E-state index in [2.05, 4.69) is 36.3 Å². The summed E-state index contributed by atoms with van der Waals surface area (Å²) in [6.45, 7) is 13.0. The van der Waals surface area contributed by atoms with Gasteiger partial charge >= 0.3 is 0 Å². The summed E-state index contributed by atoms with van der Waals surface area (Å²) < 4.78 is 16.4. The molecular formula is C24H38N2O4. The Labute approximate surface area is 182 Å². The van der Waals surface area contributed by atoms with Gasteiger partial charge in [-0.15, -0.1) is 0 Å². The molecule has 1 aromatic carbocycles. The van der Waals surface area contributed by atoms with E-state index in [0.29, 0.717) is 63.7 Å². The molecule has 6 nitrogen and oxygen atoms in total. The number of amides is 1. The Kier molecular flexibility index (Phi) is 14.7. The number of carbonyl (C=O) groups excluding carboxylic acids is 1. The average Bonchev–Trinajstić information content (AvgIpc) is 2.75. The molecule has 0 heterocycles. The fourth-order valence-electron chi connectivity index (χ4n) is 2.34. The largest absolute Gasteiger partial charge is 0.378 e. The summed E-state index contributed by atoms with van der Waals surface area (Å²) in [6, 6.07) is 7.84. The molecule has 0 fully saturated rings.